The number of benzene rings is 2. The molecular weight excluding hydrogens is 447 g/mol. The van der Waals surface area contributed by atoms with Gasteiger partial charge in [0, 0.05) is 25.1 Å². The molecule has 2 saturated heterocycles. The lowest BCUT2D eigenvalue weighted by Gasteiger charge is -2.32. The Balaban J connectivity index is 1.26. The number of hydrogen-bond acceptors (Lipinski definition) is 4. The molecule has 3 heterocycles. The molecule has 180 valence electrons. The van der Waals surface area contributed by atoms with Crippen molar-refractivity contribution in [2.75, 3.05) is 13.1 Å². The van der Waals surface area contributed by atoms with Crippen molar-refractivity contribution < 1.29 is 18.8 Å². The number of likely N-dealkylation sites (tertiary alicyclic amines) is 1. The van der Waals surface area contributed by atoms with E-state index in [-0.39, 0.29) is 42.9 Å². The van der Waals surface area contributed by atoms with Crippen LogP contribution >= 0.6 is 0 Å². The SMILES string of the molecule is [C-]#[N+]c1cc(C)cc(CN2CCC(c3cc4c(cc3F)C(=O)N(C3CCC(=O)NC3=O)C4)CC2)c1. The zero-order valence-corrected chi connectivity index (χ0v) is 19.6. The number of amides is 3. The fourth-order valence-electron chi connectivity index (χ4n) is 5.58. The van der Waals surface area contributed by atoms with Crippen LogP contribution in [0.15, 0.2) is 30.3 Å². The summed E-state index contributed by atoms with van der Waals surface area (Å²) in [5.74, 6) is -1.46. The maximum absolute atomic E-state index is 15.1. The minimum absolute atomic E-state index is 0.0626. The fraction of sp³-hybridized carbons (Fsp3) is 0.407. The van der Waals surface area contributed by atoms with E-state index in [0.717, 1.165) is 49.2 Å². The first kappa shape index (κ1) is 23.2. The Morgan fingerprint density at radius 3 is 2.57 bits per heavy atom. The Morgan fingerprint density at radius 1 is 1.09 bits per heavy atom. The highest BCUT2D eigenvalue weighted by atomic mass is 19.1. The fourth-order valence-corrected chi connectivity index (χ4v) is 5.58. The highest BCUT2D eigenvalue weighted by molar-refractivity contribution is 6.05. The van der Waals surface area contributed by atoms with Crippen LogP contribution in [-0.4, -0.2) is 46.7 Å². The van der Waals surface area contributed by atoms with Gasteiger partial charge in [-0.2, -0.15) is 0 Å². The zero-order chi connectivity index (χ0) is 24.7. The van der Waals surface area contributed by atoms with Gasteiger partial charge in [0.15, 0.2) is 5.69 Å². The number of nitrogens with one attached hydrogen (secondary N) is 1. The molecule has 0 aliphatic carbocycles. The molecule has 2 aromatic carbocycles. The van der Waals surface area contributed by atoms with Crippen LogP contribution in [-0.2, 0) is 22.7 Å². The second-order valence-corrected chi connectivity index (χ2v) is 9.77. The second-order valence-electron chi connectivity index (χ2n) is 9.77. The molecule has 8 heteroatoms. The molecule has 7 nitrogen and oxygen atoms in total. The summed E-state index contributed by atoms with van der Waals surface area (Å²) >= 11 is 0. The second kappa shape index (κ2) is 9.23. The van der Waals surface area contributed by atoms with E-state index in [1.165, 1.54) is 11.0 Å². The van der Waals surface area contributed by atoms with Crippen LogP contribution < -0.4 is 5.32 Å². The van der Waals surface area contributed by atoms with Crippen molar-refractivity contribution in [2.45, 2.75) is 57.7 Å². The summed E-state index contributed by atoms with van der Waals surface area (Å²) in [6.07, 6.45) is 2.09. The summed E-state index contributed by atoms with van der Waals surface area (Å²) in [5.41, 5.74) is 4.52. The van der Waals surface area contributed by atoms with E-state index in [4.69, 9.17) is 6.57 Å². The molecular formula is C27H27FN4O3. The number of carbonyl (C=O) groups is 3. The average Bonchev–Trinajstić information content (AvgIpc) is 3.14. The van der Waals surface area contributed by atoms with Crippen molar-refractivity contribution in [3.63, 3.8) is 0 Å². The first-order valence-electron chi connectivity index (χ1n) is 12.0. The van der Waals surface area contributed by atoms with Crippen molar-refractivity contribution in [2.24, 2.45) is 0 Å². The van der Waals surface area contributed by atoms with Gasteiger partial charge < -0.3 is 4.90 Å². The van der Waals surface area contributed by atoms with Gasteiger partial charge in [0.1, 0.15) is 11.9 Å². The molecule has 2 fully saturated rings. The number of carbonyl (C=O) groups excluding carboxylic acids is 3. The maximum Gasteiger partial charge on any atom is 0.255 e. The summed E-state index contributed by atoms with van der Waals surface area (Å²) in [4.78, 5) is 44.0. The number of nitrogens with zero attached hydrogens (tertiary/aromatic N) is 3. The molecule has 0 radical (unpaired) electrons. The van der Waals surface area contributed by atoms with Crippen LogP contribution in [0.4, 0.5) is 10.1 Å². The molecule has 1 unspecified atom stereocenters. The number of imide groups is 1. The third-order valence-corrected chi connectivity index (χ3v) is 7.33. The van der Waals surface area contributed by atoms with Gasteiger partial charge in [-0.05, 0) is 68.0 Å². The third kappa shape index (κ3) is 4.56. The van der Waals surface area contributed by atoms with Gasteiger partial charge in [-0.25, -0.2) is 9.24 Å². The number of fused-ring (bicyclic) bond motifs is 1. The first-order valence-corrected chi connectivity index (χ1v) is 12.0. The van der Waals surface area contributed by atoms with Crippen LogP contribution in [0.25, 0.3) is 4.85 Å². The monoisotopic (exact) mass is 474 g/mol. The molecule has 2 aromatic rings. The molecule has 1 N–H and O–H groups in total. The lowest BCUT2D eigenvalue weighted by Crippen LogP contribution is -2.52. The topological polar surface area (TPSA) is 74.1 Å². The van der Waals surface area contributed by atoms with E-state index in [1.807, 2.05) is 19.1 Å². The van der Waals surface area contributed by atoms with Crippen molar-refractivity contribution in [3.8, 4) is 0 Å². The van der Waals surface area contributed by atoms with Gasteiger partial charge in [0.25, 0.3) is 5.91 Å². The van der Waals surface area contributed by atoms with Crippen LogP contribution in [0.3, 0.4) is 0 Å². The average molecular weight is 475 g/mol. The standard InChI is InChI=1S/C27H27FN4O3/c1-16-9-17(11-20(10-16)29-2)14-31-7-5-18(6-8-31)21-12-19-15-32(27(35)22(19)13-23(21)28)24-3-4-25(33)30-26(24)34/h9-13,18,24H,3-8,14-15H2,1H3,(H,30,33,34). The van der Waals surface area contributed by atoms with Crippen LogP contribution in [0.5, 0.6) is 0 Å². The van der Waals surface area contributed by atoms with Gasteiger partial charge in [0.2, 0.25) is 11.8 Å². The maximum atomic E-state index is 15.1. The van der Waals surface area contributed by atoms with E-state index in [1.54, 1.807) is 6.07 Å². The smallest absolute Gasteiger partial charge is 0.255 e. The Bertz CT molecular complexity index is 1260. The van der Waals surface area contributed by atoms with Crippen LogP contribution in [0, 0.1) is 19.3 Å². The molecule has 3 aliphatic heterocycles. The molecule has 1 atom stereocenters. The molecule has 0 saturated carbocycles. The quantitative estimate of drug-likeness (QED) is 0.540. The van der Waals surface area contributed by atoms with Crippen molar-refractivity contribution in [3.05, 3.63) is 75.4 Å². The van der Waals surface area contributed by atoms with Crippen molar-refractivity contribution >= 4 is 23.4 Å². The number of aryl methyl sites for hydroxylation is 1. The van der Waals surface area contributed by atoms with E-state index >= 15 is 4.39 Å². The number of rotatable bonds is 4. The zero-order valence-electron chi connectivity index (χ0n) is 19.6. The molecule has 5 rings (SSSR count). The van der Waals surface area contributed by atoms with Gasteiger partial charge in [-0.15, -0.1) is 0 Å². The molecule has 0 bridgehead atoms. The van der Waals surface area contributed by atoms with E-state index in [9.17, 15) is 14.4 Å². The Morgan fingerprint density at radius 2 is 1.86 bits per heavy atom. The predicted octanol–water partition coefficient (Wildman–Crippen LogP) is 3.83. The highest BCUT2D eigenvalue weighted by Crippen LogP contribution is 2.36. The number of piperidine rings is 2. The summed E-state index contributed by atoms with van der Waals surface area (Å²) in [7, 11) is 0. The Labute approximate surface area is 203 Å². The predicted molar refractivity (Wildman–Crippen MR) is 127 cm³/mol. The minimum Gasteiger partial charge on any atom is -0.322 e. The lowest BCUT2D eigenvalue weighted by atomic mass is 9.87. The van der Waals surface area contributed by atoms with Gasteiger partial charge in [-0.3, -0.25) is 24.6 Å². The molecule has 0 spiro atoms. The van der Waals surface area contributed by atoms with Gasteiger partial charge in [-0.1, -0.05) is 29.8 Å². The van der Waals surface area contributed by atoms with Crippen LogP contribution in [0.1, 0.15) is 64.2 Å². The van der Waals surface area contributed by atoms with Crippen molar-refractivity contribution in [1.82, 2.24) is 15.1 Å². The lowest BCUT2D eigenvalue weighted by molar-refractivity contribution is -0.136. The Hall–Kier alpha value is -3.57. The summed E-state index contributed by atoms with van der Waals surface area (Å²) in [5, 5.41) is 2.29. The van der Waals surface area contributed by atoms with Gasteiger partial charge in [0.05, 0.1) is 6.57 Å². The highest BCUT2D eigenvalue weighted by Gasteiger charge is 2.40. The van der Waals surface area contributed by atoms with Crippen molar-refractivity contribution in [1.29, 1.82) is 0 Å². The largest absolute Gasteiger partial charge is 0.322 e. The van der Waals surface area contributed by atoms with E-state index in [2.05, 4.69) is 21.1 Å². The Kier molecular flexibility index (Phi) is 6.12. The van der Waals surface area contributed by atoms with E-state index < -0.39 is 11.9 Å². The molecule has 0 aromatic heterocycles. The number of halogens is 1. The number of hydrogen-bond donors (Lipinski definition) is 1. The molecule has 3 amide bonds. The molecule has 3 aliphatic rings. The summed E-state index contributed by atoms with van der Waals surface area (Å²) in [6.45, 7) is 11.9. The third-order valence-electron chi connectivity index (χ3n) is 7.33. The van der Waals surface area contributed by atoms with Crippen LogP contribution in [0.2, 0.25) is 0 Å². The summed E-state index contributed by atoms with van der Waals surface area (Å²) in [6, 6.07) is 8.34. The normalized spacial score (nSPS) is 21.1. The first-order chi connectivity index (χ1) is 16.8. The van der Waals surface area contributed by atoms with Gasteiger partial charge >= 0.3 is 0 Å². The minimum atomic E-state index is -0.702. The molecule has 35 heavy (non-hydrogen) atoms. The van der Waals surface area contributed by atoms with E-state index in [0.29, 0.717) is 16.8 Å². The summed E-state index contributed by atoms with van der Waals surface area (Å²) < 4.78 is 15.1.